The quantitative estimate of drug-likeness (QED) is 0.548. The van der Waals surface area contributed by atoms with Gasteiger partial charge in [0.15, 0.2) is 5.82 Å². The van der Waals surface area contributed by atoms with Crippen LogP contribution in [0.5, 0.6) is 0 Å². The number of benzene rings is 2. The highest BCUT2D eigenvalue weighted by Gasteiger charge is 2.20. The largest absolute Gasteiger partial charge is 0.367 e. The maximum Gasteiger partial charge on any atom is 0.230 e. The molecule has 0 spiro atoms. The van der Waals surface area contributed by atoms with Crippen LogP contribution < -0.4 is 15.1 Å². The van der Waals surface area contributed by atoms with E-state index in [2.05, 4.69) is 31.4 Å². The average molecular weight is 454 g/mol. The van der Waals surface area contributed by atoms with Gasteiger partial charge in [0, 0.05) is 32.7 Å². The van der Waals surface area contributed by atoms with Crippen LogP contribution in [0.1, 0.15) is 5.56 Å². The molecule has 0 aliphatic carbocycles. The fourth-order valence-corrected chi connectivity index (χ4v) is 4.33. The molecule has 0 unspecified atom stereocenters. The number of piperazine rings is 1. The van der Waals surface area contributed by atoms with Gasteiger partial charge in [0.1, 0.15) is 5.03 Å². The van der Waals surface area contributed by atoms with Crippen molar-refractivity contribution < 1.29 is 4.79 Å². The lowest BCUT2D eigenvalue weighted by molar-refractivity contribution is -0.118. The molecule has 1 N–H and O–H groups in total. The zero-order chi connectivity index (χ0) is 21.5. The normalized spacial score (nSPS) is 13.8. The summed E-state index contributed by atoms with van der Waals surface area (Å²) in [6.07, 6.45) is 0. The van der Waals surface area contributed by atoms with E-state index in [0.717, 1.165) is 53.3 Å². The van der Waals surface area contributed by atoms with Crippen LogP contribution in [-0.4, -0.2) is 48.0 Å². The van der Waals surface area contributed by atoms with Crippen molar-refractivity contribution in [1.82, 2.24) is 15.5 Å². The molecule has 1 amide bonds. The molecule has 1 fully saturated rings. The fraction of sp³-hybridized carbons (Fsp3) is 0.261. The zero-order valence-electron chi connectivity index (χ0n) is 17.1. The first-order chi connectivity index (χ1) is 15.2. The molecule has 1 saturated heterocycles. The molecule has 1 aliphatic rings. The van der Waals surface area contributed by atoms with E-state index in [9.17, 15) is 4.79 Å². The Balaban J connectivity index is 1.23. The van der Waals surface area contributed by atoms with E-state index < -0.39 is 0 Å². The van der Waals surface area contributed by atoms with Crippen molar-refractivity contribution in [3.63, 3.8) is 0 Å². The number of nitrogens with zero attached hydrogens (tertiary/aromatic N) is 4. The molecule has 0 atom stereocenters. The van der Waals surface area contributed by atoms with Gasteiger partial charge in [-0.25, -0.2) is 0 Å². The van der Waals surface area contributed by atoms with Crippen molar-refractivity contribution in [3.8, 4) is 0 Å². The second kappa shape index (κ2) is 10.5. The summed E-state index contributed by atoms with van der Waals surface area (Å²) in [5, 5.41) is 13.1. The molecule has 1 aromatic heterocycles. The third-order valence-electron chi connectivity index (χ3n) is 5.11. The van der Waals surface area contributed by atoms with Crippen LogP contribution in [0.3, 0.4) is 0 Å². The number of hydrogen-bond acceptors (Lipinski definition) is 6. The lowest BCUT2D eigenvalue weighted by Crippen LogP contribution is -2.47. The third-order valence-corrected chi connectivity index (χ3v) is 6.35. The van der Waals surface area contributed by atoms with Crippen LogP contribution in [-0.2, 0) is 11.3 Å². The van der Waals surface area contributed by atoms with Crippen LogP contribution in [0.4, 0.5) is 11.5 Å². The predicted octanol–water partition coefficient (Wildman–Crippen LogP) is 3.87. The van der Waals surface area contributed by atoms with Crippen LogP contribution in [0.15, 0.2) is 71.8 Å². The van der Waals surface area contributed by atoms with Gasteiger partial charge in [-0.2, -0.15) is 0 Å². The summed E-state index contributed by atoms with van der Waals surface area (Å²) in [4.78, 5) is 16.6. The van der Waals surface area contributed by atoms with Crippen molar-refractivity contribution in [2.24, 2.45) is 0 Å². The van der Waals surface area contributed by atoms with Crippen molar-refractivity contribution in [3.05, 3.63) is 77.3 Å². The average Bonchev–Trinajstić information content (AvgIpc) is 2.83. The Morgan fingerprint density at radius 3 is 2.32 bits per heavy atom. The molecule has 31 heavy (non-hydrogen) atoms. The van der Waals surface area contributed by atoms with Gasteiger partial charge in [0.05, 0.1) is 16.5 Å². The Bertz CT molecular complexity index is 994. The Kier molecular flexibility index (Phi) is 7.27. The Morgan fingerprint density at radius 1 is 0.903 bits per heavy atom. The number of rotatable bonds is 7. The number of nitrogens with one attached hydrogen (secondary N) is 1. The maximum atomic E-state index is 12.1. The van der Waals surface area contributed by atoms with Crippen LogP contribution in [0.25, 0.3) is 0 Å². The summed E-state index contributed by atoms with van der Waals surface area (Å²) in [7, 11) is 0. The van der Waals surface area contributed by atoms with Crippen molar-refractivity contribution in [2.45, 2.75) is 11.6 Å². The first-order valence-electron chi connectivity index (χ1n) is 10.2. The summed E-state index contributed by atoms with van der Waals surface area (Å²) in [6.45, 7) is 4.00. The fourth-order valence-electron chi connectivity index (χ4n) is 3.43. The number of carbonyl (C=O) groups is 1. The number of para-hydroxylation sites is 1. The van der Waals surface area contributed by atoms with E-state index in [0.29, 0.717) is 12.3 Å². The summed E-state index contributed by atoms with van der Waals surface area (Å²) < 4.78 is 0. The highest BCUT2D eigenvalue weighted by molar-refractivity contribution is 7.99. The van der Waals surface area contributed by atoms with E-state index in [-0.39, 0.29) is 5.91 Å². The summed E-state index contributed by atoms with van der Waals surface area (Å²) >= 11 is 7.71. The van der Waals surface area contributed by atoms with Gasteiger partial charge < -0.3 is 15.1 Å². The molecule has 2 heterocycles. The second-order valence-electron chi connectivity index (χ2n) is 7.21. The molecule has 4 rings (SSSR count). The lowest BCUT2D eigenvalue weighted by atomic mass is 10.2. The maximum absolute atomic E-state index is 12.1. The van der Waals surface area contributed by atoms with Crippen molar-refractivity contribution in [1.29, 1.82) is 0 Å². The third kappa shape index (κ3) is 5.89. The highest BCUT2D eigenvalue weighted by Crippen LogP contribution is 2.27. The van der Waals surface area contributed by atoms with Crippen molar-refractivity contribution in [2.75, 3.05) is 41.7 Å². The summed E-state index contributed by atoms with van der Waals surface area (Å²) in [5.74, 6) is 1.16. The number of halogens is 1. The first-order valence-corrected chi connectivity index (χ1v) is 11.6. The molecule has 6 nitrogen and oxygen atoms in total. The Morgan fingerprint density at radius 2 is 1.61 bits per heavy atom. The number of hydrogen-bond donors (Lipinski definition) is 1. The van der Waals surface area contributed by atoms with Gasteiger partial charge >= 0.3 is 0 Å². The summed E-state index contributed by atoms with van der Waals surface area (Å²) in [6, 6.07) is 21.7. The second-order valence-corrected chi connectivity index (χ2v) is 8.61. The SMILES string of the molecule is O=C(CSc1ccc(N2CCN(c3ccccc3Cl)CC2)nn1)NCc1ccccc1. The van der Waals surface area contributed by atoms with E-state index >= 15 is 0 Å². The van der Waals surface area contributed by atoms with Crippen LogP contribution in [0, 0.1) is 0 Å². The predicted molar refractivity (Wildman–Crippen MR) is 127 cm³/mol. The standard InChI is InChI=1S/C23H24ClN5OS/c24-19-8-4-5-9-20(19)28-12-14-29(15-13-28)21-10-11-23(27-26-21)31-17-22(30)25-16-18-6-2-1-3-7-18/h1-11H,12-17H2,(H,25,30). The minimum absolute atomic E-state index is 0.0181. The topological polar surface area (TPSA) is 61.4 Å². The lowest BCUT2D eigenvalue weighted by Gasteiger charge is -2.36. The van der Waals surface area contributed by atoms with Gasteiger partial charge in [-0.3, -0.25) is 4.79 Å². The molecule has 160 valence electrons. The molecule has 0 radical (unpaired) electrons. The van der Waals surface area contributed by atoms with E-state index in [4.69, 9.17) is 11.6 Å². The number of carbonyl (C=O) groups excluding carboxylic acids is 1. The van der Waals surface area contributed by atoms with Gasteiger partial charge in [0.25, 0.3) is 0 Å². The van der Waals surface area contributed by atoms with E-state index in [1.54, 1.807) is 0 Å². The van der Waals surface area contributed by atoms with Gasteiger partial charge in [-0.15, -0.1) is 10.2 Å². The summed E-state index contributed by atoms with van der Waals surface area (Å²) in [5.41, 5.74) is 2.16. The molecule has 1 aliphatic heterocycles. The molecule has 2 aromatic carbocycles. The Hall–Kier alpha value is -2.77. The molecular weight excluding hydrogens is 430 g/mol. The molecule has 0 saturated carbocycles. The molecular formula is C23H24ClN5OS. The minimum Gasteiger partial charge on any atom is -0.367 e. The smallest absolute Gasteiger partial charge is 0.230 e. The van der Waals surface area contributed by atoms with E-state index in [1.165, 1.54) is 11.8 Å². The monoisotopic (exact) mass is 453 g/mol. The van der Waals surface area contributed by atoms with Crippen LogP contribution in [0.2, 0.25) is 5.02 Å². The minimum atomic E-state index is -0.0181. The van der Waals surface area contributed by atoms with Gasteiger partial charge in [0.2, 0.25) is 5.91 Å². The van der Waals surface area contributed by atoms with E-state index in [1.807, 2.05) is 60.7 Å². The van der Waals surface area contributed by atoms with Gasteiger partial charge in [-0.1, -0.05) is 65.8 Å². The molecule has 3 aromatic rings. The van der Waals surface area contributed by atoms with Gasteiger partial charge in [-0.05, 0) is 29.8 Å². The Labute approximate surface area is 191 Å². The number of amides is 1. The first kappa shape index (κ1) is 21.5. The number of thioether (sulfide) groups is 1. The number of anilines is 2. The van der Waals surface area contributed by atoms with Crippen molar-refractivity contribution >= 4 is 40.8 Å². The zero-order valence-corrected chi connectivity index (χ0v) is 18.6. The van der Waals surface area contributed by atoms with Crippen LogP contribution >= 0.6 is 23.4 Å². The highest BCUT2D eigenvalue weighted by atomic mass is 35.5. The molecule has 0 bridgehead atoms. The molecule has 8 heteroatoms. The number of aromatic nitrogens is 2.